The van der Waals surface area contributed by atoms with Gasteiger partial charge in [-0.05, 0) is 36.8 Å². The number of nitro benzene ring substituents is 1. The first-order valence-electron chi connectivity index (χ1n) is 10.8. The molecule has 0 saturated carbocycles. The summed E-state index contributed by atoms with van der Waals surface area (Å²) < 4.78 is 4.97. The van der Waals surface area contributed by atoms with E-state index in [-0.39, 0.29) is 40.2 Å². The lowest BCUT2D eigenvalue weighted by Gasteiger charge is -2.25. The van der Waals surface area contributed by atoms with Gasteiger partial charge in [0.1, 0.15) is 12.3 Å². The van der Waals surface area contributed by atoms with Gasteiger partial charge in [0.05, 0.1) is 27.1 Å². The number of nitrogens with zero attached hydrogens (tertiary/aromatic N) is 4. The summed E-state index contributed by atoms with van der Waals surface area (Å²) in [5.41, 5.74) is 2.29. The molecule has 186 valence electrons. The number of benzene rings is 3. The summed E-state index contributed by atoms with van der Waals surface area (Å²) >= 11 is 12.2. The molecule has 0 aliphatic rings. The molecule has 0 fully saturated rings. The number of esters is 1. The molecule has 0 aliphatic carbocycles. The van der Waals surface area contributed by atoms with Crippen LogP contribution in [-0.2, 0) is 20.9 Å². The average molecular weight is 529 g/mol. The summed E-state index contributed by atoms with van der Waals surface area (Å²) in [6.45, 7) is 2.05. The number of rotatable bonds is 11. The molecular formula is C25H22Cl2N4O5. The molecule has 0 aromatic heterocycles. The second-order valence-electron chi connectivity index (χ2n) is 7.75. The van der Waals surface area contributed by atoms with Crippen LogP contribution in [0, 0.1) is 10.1 Å². The van der Waals surface area contributed by atoms with Crippen LogP contribution in [0.15, 0.2) is 77.0 Å². The summed E-state index contributed by atoms with van der Waals surface area (Å²) in [5, 5.41) is 19.1. The minimum atomic E-state index is -0.596. The molecule has 0 bridgehead atoms. The van der Waals surface area contributed by atoms with Crippen molar-refractivity contribution < 1.29 is 19.2 Å². The normalized spacial score (nSPS) is 10.9. The highest BCUT2D eigenvalue weighted by molar-refractivity contribution is 6.39. The van der Waals surface area contributed by atoms with Crippen LogP contribution in [0.2, 0.25) is 10.0 Å². The molecule has 0 unspecified atom stereocenters. The molecule has 11 heteroatoms. The number of Topliss-reactive ketones (excluding diaryl/α,β-unsaturated/α-hetero) is 1. The lowest BCUT2D eigenvalue weighted by molar-refractivity contribution is -0.384. The molecule has 0 N–H and O–H groups in total. The molecule has 9 nitrogen and oxygen atoms in total. The number of non-ortho nitro benzene ring substituents is 1. The summed E-state index contributed by atoms with van der Waals surface area (Å²) in [4.78, 5) is 35.4. The number of carbonyl (C=O) groups is 2. The fourth-order valence-corrected chi connectivity index (χ4v) is 3.73. The van der Waals surface area contributed by atoms with Gasteiger partial charge in [0.2, 0.25) is 0 Å². The largest absolute Gasteiger partial charge is 0.458 e. The Morgan fingerprint density at radius 1 is 1.00 bits per heavy atom. The van der Waals surface area contributed by atoms with Crippen molar-refractivity contribution in [1.82, 2.24) is 0 Å². The molecule has 0 spiro atoms. The number of ketones is 1. The van der Waals surface area contributed by atoms with Gasteiger partial charge in [0, 0.05) is 30.9 Å². The van der Waals surface area contributed by atoms with E-state index in [1.54, 1.807) is 12.1 Å². The molecule has 0 aliphatic heterocycles. The van der Waals surface area contributed by atoms with Crippen molar-refractivity contribution in [2.75, 3.05) is 18.1 Å². The molecule has 3 rings (SSSR count). The highest BCUT2D eigenvalue weighted by Crippen LogP contribution is 2.38. The van der Waals surface area contributed by atoms with E-state index in [4.69, 9.17) is 27.9 Å². The van der Waals surface area contributed by atoms with E-state index in [2.05, 4.69) is 10.2 Å². The minimum absolute atomic E-state index is 0.0141. The van der Waals surface area contributed by atoms with Gasteiger partial charge in [-0.3, -0.25) is 19.7 Å². The number of nitro groups is 1. The molecule has 0 saturated heterocycles. The summed E-state index contributed by atoms with van der Waals surface area (Å²) in [6.07, 6.45) is 0.110. The van der Waals surface area contributed by atoms with Crippen LogP contribution in [-0.4, -0.2) is 29.8 Å². The Balaban J connectivity index is 1.75. The third-order valence-corrected chi connectivity index (χ3v) is 5.51. The number of ether oxygens (including phenoxy) is 1. The number of anilines is 1. The topological polar surface area (TPSA) is 114 Å². The van der Waals surface area contributed by atoms with Crippen LogP contribution >= 0.6 is 23.2 Å². The maximum absolute atomic E-state index is 12.0. The molecule has 3 aromatic carbocycles. The summed E-state index contributed by atoms with van der Waals surface area (Å²) in [5.74, 6) is -0.670. The van der Waals surface area contributed by atoms with Crippen molar-refractivity contribution in [2.24, 2.45) is 10.2 Å². The molecule has 0 heterocycles. The van der Waals surface area contributed by atoms with Gasteiger partial charge in [0.15, 0.2) is 5.78 Å². The van der Waals surface area contributed by atoms with Crippen LogP contribution in [0.4, 0.5) is 22.7 Å². The summed E-state index contributed by atoms with van der Waals surface area (Å²) in [6, 6.07) is 19.2. The van der Waals surface area contributed by atoms with Crippen molar-refractivity contribution in [2.45, 2.75) is 19.9 Å². The van der Waals surface area contributed by atoms with Crippen LogP contribution in [0.25, 0.3) is 0 Å². The molecule has 0 atom stereocenters. The van der Waals surface area contributed by atoms with Crippen molar-refractivity contribution in [3.05, 3.63) is 92.5 Å². The SMILES string of the molecule is CC(=O)COC(=O)CCN(Cc1ccccc1)c1ccc(/N=N/c2c(Cl)cc([N+](=O)[O-])cc2Cl)cc1. The van der Waals surface area contributed by atoms with E-state index < -0.39 is 10.9 Å². The van der Waals surface area contributed by atoms with E-state index >= 15 is 0 Å². The summed E-state index contributed by atoms with van der Waals surface area (Å²) in [7, 11) is 0. The lowest BCUT2D eigenvalue weighted by Crippen LogP contribution is -2.26. The first-order valence-corrected chi connectivity index (χ1v) is 11.6. The Morgan fingerprint density at radius 3 is 2.22 bits per heavy atom. The third kappa shape index (κ3) is 7.86. The Bertz CT molecular complexity index is 1240. The lowest BCUT2D eigenvalue weighted by atomic mass is 10.2. The fourth-order valence-electron chi connectivity index (χ4n) is 3.17. The number of hydrogen-bond acceptors (Lipinski definition) is 8. The van der Waals surface area contributed by atoms with Crippen LogP contribution in [0.3, 0.4) is 0 Å². The monoisotopic (exact) mass is 528 g/mol. The Hall–Kier alpha value is -3.82. The maximum atomic E-state index is 12.0. The zero-order chi connectivity index (χ0) is 26.1. The van der Waals surface area contributed by atoms with Crippen molar-refractivity contribution in [3.63, 3.8) is 0 Å². The van der Waals surface area contributed by atoms with E-state index in [1.165, 1.54) is 6.92 Å². The average Bonchev–Trinajstić information content (AvgIpc) is 2.85. The second kappa shape index (κ2) is 12.8. The van der Waals surface area contributed by atoms with Gasteiger partial charge in [-0.1, -0.05) is 53.5 Å². The van der Waals surface area contributed by atoms with Gasteiger partial charge in [-0.15, -0.1) is 5.11 Å². The number of carbonyl (C=O) groups excluding carboxylic acids is 2. The van der Waals surface area contributed by atoms with E-state index in [9.17, 15) is 19.7 Å². The van der Waals surface area contributed by atoms with E-state index in [0.29, 0.717) is 18.8 Å². The fraction of sp³-hybridized carbons (Fsp3) is 0.200. The first kappa shape index (κ1) is 26.8. The second-order valence-corrected chi connectivity index (χ2v) is 8.57. The molecule has 0 amide bonds. The zero-order valence-electron chi connectivity index (χ0n) is 19.3. The highest BCUT2D eigenvalue weighted by Gasteiger charge is 2.15. The van der Waals surface area contributed by atoms with Crippen molar-refractivity contribution >= 4 is 57.7 Å². The van der Waals surface area contributed by atoms with Gasteiger partial charge >= 0.3 is 5.97 Å². The van der Waals surface area contributed by atoms with Gasteiger partial charge in [0.25, 0.3) is 5.69 Å². The Labute approximate surface area is 217 Å². The molecule has 36 heavy (non-hydrogen) atoms. The van der Waals surface area contributed by atoms with Gasteiger partial charge < -0.3 is 9.64 Å². The molecule has 0 radical (unpaired) electrons. The molecule has 3 aromatic rings. The first-order chi connectivity index (χ1) is 17.2. The number of azo groups is 1. The van der Waals surface area contributed by atoms with E-state index in [0.717, 1.165) is 23.4 Å². The van der Waals surface area contributed by atoms with Crippen molar-refractivity contribution in [3.8, 4) is 0 Å². The number of hydrogen-bond donors (Lipinski definition) is 0. The van der Waals surface area contributed by atoms with Crippen LogP contribution in [0.1, 0.15) is 18.9 Å². The van der Waals surface area contributed by atoms with Crippen LogP contribution in [0.5, 0.6) is 0 Å². The Kier molecular flexibility index (Phi) is 9.49. The Morgan fingerprint density at radius 2 is 1.64 bits per heavy atom. The van der Waals surface area contributed by atoms with Crippen molar-refractivity contribution in [1.29, 1.82) is 0 Å². The quantitative estimate of drug-likeness (QED) is 0.116. The smallest absolute Gasteiger partial charge is 0.308 e. The molecular weight excluding hydrogens is 507 g/mol. The standard InChI is InChI=1S/C25H22Cl2N4O5/c1-17(32)16-36-24(33)11-12-30(15-18-5-3-2-4-6-18)20-9-7-19(8-10-20)28-29-25-22(26)13-21(31(34)35)14-23(25)27/h2-10,13-14H,11-12,15-16H2,1H3/b29-28+. The van der Waals surface area contributed by atoms with Gasteiger partial charge in [-0.25, -0.2) is 0 Å². The third-order valence-electron chi connectivity index (χ3n) is 4.93. The number of halogens is 2. The predicted molar refractivity (Wildman–Crippen MR) is 137 cm³/mol. The maximum Gasteiger partial charge on any atom is 0.308 e. The van der Waals surface area contributed by atoms with Gasteiger partial charge in [-0.2, -0.15) is 5.11 Å². The zero-order valence-corrected chi connectivity index (χ0v) is 20.8. The van der Waals surface area contributed by atoms with Crippen LogP contribution < -0.4 is 4.90 Å². The highest BCUT2D eigenvalue weighted by atomic mass is 35.5. The predicted octanol–water partition coefficient (Wildman–Crippen LogP) is 6.85. The minimum Gasteiger partial charge on any atom is -0.458 e. The van der Waals surface area contributed by atoms with E-state index in [1.807, 2.05) is 47.4 Å².